The van der Waals surface area contributed by atoms with E-state index in [-0.39, 0.29) is 23.4 Å². The molecule has 1 amide bonds. The van der Waals surface area contributed by atoms with Gasteiger partial charge in [-0.05, 0) is 32.4 Å². The normalized spacial score (nSPS) is 21.8. The van der Waals surface area contributed by atoms with Crippen molar-refractivity contribution in [1.29, 1.82) is 0 Å². The van der Waals surface area contributed by atoms with Crippen LogP contribution in [0, 0.1) is 6.92 Å². The van der Waals surface area contributed by atoms with Crippen molar-refractivity contribution in [2.45, 2.75) is 32.5 Å². The smallest absolute Gasteiger partial charge is 0.257 e. The van der Waals surface area contributed by atoms with Gasteiger partial charge in [-0.15, -0.1) is 0 Å². The molecule has 2 rings (SSSR count). The molecule has 20 heavy (non-hydrogen) atoms. The number of rotatable bonds is 2. The van der Waals surface area contributed by atoms with Crippen molar-refractivity contribution < 1.29 is 14.6 Å². The minimum atomic E-state index is -0.383. The number of aryl methyl sites for hydroxylation is 1. The number of amides is 1. The van der Waals surface area contributed by atoms with E-state index in [4.69, 9.17) is 4.74 Å². The van der Waals surface area contributed by atoms with Crippen molar-refractivity contribution in [3.8, 4) is 5.75 Å². The van der Waals surface area contributed by atoms with Gasteiger partial charge in [0.25, 0.3) is 5.91 Å². The first kappa shape index (κ1) is 15.3. The van der Waals surface area contributed by atoms with Gasteiger partial charge in [-0.25, -0.2) is 0 Å². The average Bonchev–Trinajstić information content (AvgIpc) is 2.39. The van der Waals surface area contributed by atoms with Crippen LogP contribution in [0.5, 0.6) is 5.75 Å². The van der Waals surface area contributed by atoms with Crippen LogP contribution < -0.4 is 0 Å². The predicted octanol–water partition coefficient (Wildman–Crippen LogP) is 2.72. The second-order valence-corrected chi connectivity index (χ2v) is 6.46. The van der Waals surface area contributed by atoms with E-state index < -0.39 is 0 Å². The molecule has 0 aromatic heterocycles. The van der Waals surface area contributed by atoms with Crippen molar-refractivity contribution in [1.82, 2.24) is 4.90 Å². The molecule has 0 radical (unpaired) electrons. The van der Waals surface area contributed by atoms with E-state index >= 15 is 0 Å². The Balaban J connectivity index is 2.26. The fraction of sp³-hybridized carbons (Fsp3) is 0.533. The van der Waals surface area contributed by atoms with E-state index in [0.717, 1.165) is 0 Å². The SMILES string of the molecule is Cc1cccc(C(=O)N2CC(CBr)OC(C)(C)C2)c1O. The van der Waals surface area contributed by atoms with Crippen LogP contribution in [0.2, 0.25) is 0 Å². The molecule has 1 fully saturated rings. The number of hydrogen-bond donors (Lipinski definition) is 1. The Kier molecular flexibility index (Phi) is 4.39. The molecule has 0 aliphatic carbocycles. The van der Waals surface area contributed by atoms with Crippen molar-refractivity contribution in [2.24, 2.45) is 0 Å². The minimum absolute atomic E-state index is 0.0327. The van der Waals surface area contributed by atoms with Gasteiger partial charge in [0.2, 0.25) is 0 Å². The molecule has 0 saturated carbocycles. The Morgan fingerprint density at radius 1 is 1.55 bits per heavy atom. The second-order valence-electron chi connectivity index (χ2n) is 5.81. The molecule has 1 unspecified atom stereocenters. The van der Waals surface area contributed by atoms with Crippen LogP contribution >= 0.6 is 15.9 Å². The quantitative estimate of drug-likeness (QED) is 0.841. The molecular formula is C15H20BrNO3. The molecular weight excluding hydrogens is 322 g/mol. The second kappa shape index (κ2) is 5.74. The highest BCUT2D eigenvalue weighted by atomic mass is 79.9. The Morgan fingerprint density at radius 2 is 2.25 bits per heavy atom. The summed E-state index contributed by atoms with van der Waals surface area (Å²) in [5.74, 6) is -0.0780. The Bertz CT molecular complexity index is 516. The van der Waals surface area contributed by atoms with Crippen molar-refractivity contribution in [2.75, 3.05) is 18.4 Å². The number of hydrogen-bond acceptors (Lipinski definition) is 3. The molecule has 0 bridgehead atoms. The molecule has 110 valence electrons. The lowest BCUT2D eigenvalue weighted by molar-refractivity contribution is -0.116. The molecule has 1 N–H and O–H groups in total. The number of benzene rings is 1. The summed E-state index contributed by atoms with van der Waals surface area (Å²) in [5.41, 5.74) is 0.683. The van der Waals surface area contributed by atoms with Crippen LogP contribution in [0.25, 0.3) is 0 Å². The third kappa shape index (κ3) is 3.15. The fourth-order valence-corrected chi connectivity index (χ4v) is 2.87. The zero-order valence-electron chi connectivity index (χ0n) is 12.0. The van der Waals surface area contributed by atoms with E-state index in [2.05, 4.69) is 15.9 Å². The van der Waals surface area contributed by atoms with Crippen molar-refractivity contribution in [3.05, 3.63) is 29.3 Å². The molecule has 4 nitrogen and oxygen atoms in total. The highest BCUT2D eigenvalue weighted by Crippen LogP contribution is 2.27. The number of halogens is 1. The summed E-state index contributed by atoms with van der Waals surface area (Å²) in [5, 5.41) is 10.7. The van der Waals surface area contributed by atoms with E-state index in [1.54, 1.807) is 30.0 Å². The van der Waals surface area contributed by atoms with Crippen LogP contribution in [-0.4, -0.2) is 46.0 Å². The molecule has 1 atom stereocenters. The van der Waals surface area contributed by atoms with Gasteiger partial charge in [-0.3, -0.25) is 4.79 Å². The number of carbonyl (C=O) groups excluding carboxylic acids is 1. The van der Waals surface area contributed by atoms with E-state index in [9.17, 15) is 9.90 Å². The molecule has 1 aliphatic heterocycles. The van der Waals surface area contributed by atoms with Gasteiger partial charge >= 0.3 is 0 Å². The summed E-state index contributed by atoms with van der Waals surface area (Å²) in [6, 6.07) is 5.24. The number of phenolic OH excluding ortho intramolecular Hbond substituents is 1. The summed E-state index contributed by atoms with van der Waals surface area (Å²) in [6.45, 7) is 6.77. The van der Waals surface area contributed by atoms with Crippen LogP contribution in [0.4, 0.5) is 0 Å². The number of aromatic hydroxyl groups is 1. The van der Waals surface area contributed by atoms with E-state index in [1.165, 1.54) is 0 Å². The molecule has 5 heteroatoms. The minimum Gasteiger partial charge on any atom is -0.507 e. The third-order valence-electron chi connectivity index (χ3n) is 3.41. The number of ether oxygens (including phenoxy) is 1. The van der Waals surface area contributed by atoms with Gasteiger partial charge in [0.05, 0.1) is 17.3 Å². The van der Waals surface area contributed by atoms with Gasteiger partial charge in [-0.2, -0.15) is 0 Å². The highest BCUT2D eigenvalue weighted by Gasteiger charge is 2.36. The molecule has 1 saturated heterocycles. The topological polar surface area (TPSA) is 49.8 Å². The summed E-state index contributed by atoms with van der Waals surface area (Å²) in [7, 11) is 0. The van der Waals surface area contributed by atoms with E-state index in [0.29, 0.717) is 29.5 Å². The van der Waals surface area contributed by atoms with Crippen molar-refractivity contribution in [3.63, 3.8) is 0 Å². The highest BCUT2D eigenvalue weighted by molar-refractivity contribution is 9.09. The number of nitrogens with zero attached hydrogens (tertiary/aromatic N) is 1. The van der Waals surface area contributed by atoms with Crippen LogP contribution in [0.3, 0.4) is 0 Å². The Labute approximate surface area is 127 Å². The fourth-order valence-electron chi connectivity index (χ4n) is 2.53. The van der Waals surface area contributed by atoms with Gasteiger partial charge < -0.3 is 14.7 Å². The number of para-hydroxylation sites is 1. The zero-order chi connectivity index (χ0) is 14.9. The lowest BCUT2D eigenvalue weighted by Gasteiger charge is -2.42. The number of phenols is 1. The van der Waals surface area contributed by atoms with Crippen LogP contribution in [-0.2, 0) is 4.74 Å². The summed E-state index contributed by atoms with van der Waals surface area (Å²) in [6.07, 6.45) is -0.0327. The number of morpholine rings is 1. The van der Waals surface area contributed by atoms with Gasteiger partial charge in [0.1, 0.15) is 5.75 Å². The maximum absolute atomic E-state index is 12.6. The maximum Gasteiger partial charge on any atom is 0.257 e. The summed E-state index contributed by atoms with van der Waals surface area (Å²) < 4.78 is 5.89. The first-order valence-corrected chi connectivity index (χ1v) is 7.78. The van der Waals surface area contributed by atoms with Crippen LogP contribution in [0.1, 0.15) is 29.8 Å². The zero-order valence-corrected chi connectivity index (χ0v) is 13.6. The monoisotopic (exact) mass is 341 g/mol. The predicted molar refractivity (Wildman–Crippen MR) is 81.5 cm³/mol. The first-order valence-electron chi connectivity index (χ1n) is 6.65. The largest absolute Gasteiger partial charge is 0.507 e. The number of alkyl halides is 1. The Morgan fingerprint density at radius 3 is 2.90 bits per heavy atom. The molecule has 1 heterocycles. The maximum atomic E-state index is 12.6. The van der Waals surface area contributed by atoms with Crippen LogP contribution in [0.15, 0.2) is 18.2 Å². The lowest BCUT2D eigenvalue weighted by atomic mass is 10.0. The molecule has 1 aromatic rings. The standard InChI is InChI=1S/C15H20BrNO3/c1-10-5-4-6-12(13(10)18)14(19)17-8-11(7-16)20-15(2,3)9-17/h4-6,11,18H,7-9H2,1-3H3. The van der Waals surface area contributed by atoms with Gasteiger partial charge in [0, 0.05) is 18.4 Å². The van der Waals surface area contributed by atoms with Gasteiger partial charge in [-0.1, -0.05) is 28.1 Å². The van der Waals surface area contributed by atoms with E-state index in [1.807, 2.05) is 13.8 Å². The van der Waals surface area contributed by atoms with Crippen molar-refractivity contribution >= 4 is 21.8 Å². The number of carbonyl (C=O) groups is 1. The summed E-state index contributed by atoms with van der Waals surface area (Å²) in [4.78, 5) is 14.4. The molecule has 0 spiro atoms. The molecule has 1 aromatic carbocycles. The third-order valence-corrected chi connectivity index (χ3v) is 4.13. The lowest BCUT2D eigenvalue weighted by Crippen LogP contribution is -2.55. The molecule has 1 aliphatic rings. The summed E-state index contributed by atoms with van der Waals surface area (Å²) >= 11 is 3.41. The Hall–Kier alpha value is -1.07. The van der Waals surface area contributed by atoms with Gasteiger partial charge in [0.15, 0.2) is 0 Å². The first-order chi connectivity index (χ1) is 9.34. The average molecular weight is 342 g/mol.